The first-order valence-corrected chi connectivity index (χ1v) is 9.36. The van der Waals surface area contributed by atoms with Crippen molar-refractivity contribution in [3.05, 3.63) is 39.9 Å². The molecular formula is C19H24BrN. The van der Waals surface area contributed by atoms with Gasteiger partial charge in [0.2, 0.25) is 0 Å². The number of nitrogens with zero attached hydrogens (tertiary/aromatic N) is 1. The smallest absolute Gasteiger partial charge is 0.0505 e. The first-order valence-electron chi connectivity index (χ1n) is 8.57. The predicted molar refractivity (Wildman–Crippen MR) is 92.7 cm³/mol. The second-order valence-electron chi connectivity index (χ2n) is 6.86. The van der Waals surface area contributed by atoms with Crippen LogP contribution < -0.4 is 4.90 Å². The van der Waals surface area contributed by atoms with E-state index in [4.69, 9.17) is 0 Å². The van der Waals surface area contributed by atoms with E-state index in [1.807, 2.05) is 11.1 Å². The molecule has 0 N–H and O–H groups in total. The molecule has 0 spiro atoms. The zero-order valence-electron chi connectivity index (χ0n) is 12.7. The third kappa shape index (κ3) is 2.79. The van der Waals surface area contributed by atoms with Crippen LogP contribution >= 0.6 is 15.9 Å². The number of benzene rings is 1. The molecule has 2 aliphatic carbocycles. The Balaban J connectivity index is 1.64. The molecule has 4 rings (SSSR count). The molecule has 0 radical (unpaired) electrons. The van der Waals surface area contributed by atoms with E-state index in [9.17, 15) is 0 Å². The molecule has 0 aromatic heterocycles. The minimum absolute atomic E-state index is 0.696. The summed E-state index contributed by atoms with van der Waals surface area (Å²) >= 11 is 3.55. The summed E-state index contributed by atoms with van der Waals surface area (Å²) in [6.07, 6.45) is 11.2. The summed E-state index contributed by atoms with van der Waals surface area (Å²) in [5.74, 6) is 0.965. The molecule has 1 aromatic rings. The van der Waals surface area contributed by atoms with Crippen molar-refractivity contribution in [1.29, 1.82) is 0 Å². The highest BCUT2D eigenvalue weighted by atomic mass is 79.9. The summed E-state index contributed by atoms with van der Waals surface area (Å²) in [5, 5.41) is 0. The predicted octanol–water partition coefficient (Wildman–Crippen LogP) is 5.70. The van der Waals surface area contributed by atoms with Crippen molar-refractivity contribution in [2.24, 2.45) is 5.92 Å². The molecule has 1 saturated carbocycles. The highest BCUT2D eigenvalue weighted by Gasteiger charge is 2.35. The van der Waals surface area contributed by atoms with E-state index in [0.717, 1.165) is 5.92 Å². The minimum Gasteiger partial charge on any atom is -0.365 e. The summed E-state index contributed by atoms with van der Waals surface area (Å²) in [7, 11) is 0. The van der Waals surface area contributed by atoms with E-state index >= 15 is 0 Å². The van der Waals surface area contributed by atoms with Gasteiger partial charge in [-0.15, -0.1) is 0 Å². The number of halogens is 1. The van der Waals surface area contributed by atoms with E-state index in [-0.39, 0.29) is 0 Å². The fourth-order valence-corrected chi connectivity index (χ4v) is 4.57. The number of allylic oxidation sites excluding steroid dienone is 1. The normalized spacial score (nSPS) is 26.5. The largest absolute Gasteiger partial charge is 0.365 e. The molecule has 1 atom stereocenters. The van der Waals surface area contributed by atoms with Crippen LogP contribution in [0.5, 0.6) is 0 Å². The van der Waals surface area contributed by atoms with Gasteiger partial charge in [0.25, 0.3) is 0 Å². The Morgan fingerprint density at radius 3 is 2.29 bits per heavy atom. The summed E-state index contributed by atoms with van der Waals surface area (Å²) < 4.78 is 1.18. The van der Waals surface area contributed by atoms with Crippen molar-refractivity contribution in [3.8, 4) is 0 Å². The van der Waals surface area contributed by atoms with Crippen LogP contribution in [0.15, 0.2) is 39.9 Å². The second-order valence-corrected chi connectivity index (χ2v) is 7.78. The van der Waals surface area contributed by atoms with Gasteiger partial charge in [0.15, 0.2) is 0 Å². The molecule has 1 nitrogen and oxygen atoms in total. The van der Waals surface area contributed by atoms with Gasteiger partial charge in [0.05, 0.1) is 6.04 Å². The number of hydrogen-bond donors (Lipinski definition) is 0. The summed E-state index contributed by atoms with van der Waals surface area (Å²) in [6, 6.07) is 9.62. The number of anilines is 1. The number of hydrogen-bond acceptors (Lipinski definition) is 1. The van der Waals surface area contributed by atoms with Crippen LogP contribution in [0.25, 0.3) is 0 Å². The van der Waals surface area contributed by atoms with Crippen LogP contribution in [0, 0.1) is 5.92 Å². The van der Waals surface area contributed by atoms with Gasteiger partial charge >= 0.3 is 0 Å². The first-order chi connectivity index (χ1) is 10.3. The van der Waals surface area contributed by atoms with Crippen molar-refractivity contribution in [2.75, 3.05) is 11.4 Å². The van der Waals surface area contributed by atoms with Gasteiger partial charge < -0.3 is 4.90 Å². The zero-order chi connectivity index (χ0) is 14.2. The summed E-state index contributed by atoms with van der Waals surface area (Å²) in [5.41, 5.74) is 5.12. The zero-order valence-corrected chi connectivity index (χ0v) is 14.2. The van der Waals surface area contributed by atoms with Crippen molar-refractivity contribution >= 4 is 21.6 Å². The molecule has 2 fully saturated rings. The van der Waals surface area contributed by atoms with E-state index in [0.29, 0.717) is 6.04 Å². The highest BCUT2D eigenvalue weighted by molar-refractivity contribution is 9.10. The molecule has 3 aliphatic rings. The van der Waals surface area contributed by atoms with Crippen molar-refractivity contribution in [1.82, 2.24) is 0 Å². The Morgan fingerprint density at radius 1 is 0.857 bits per heavy atom. The maximum absolute atomic E-state index is 3.55. The quantitative estimate of drug-likeness (QED) is 0.635. The molecule has 1 aliphatic heterocycles. The average molecular weight is 346 g/mol. The Bertz CT molecular complexity index is 541. The fraction of sp³-hybridized carbons (Fsp3) is 0.579. The third-order valence-corrected chi connectivity index (χ3v) is 5.97. The lowest BCUT2D eigenvalue weighted by Crippen LogP contribution is -2.32. The van der Waals surface area contributed by atoms with Gasteiger partial charge in [0.1, 0.15) is 0 Å². The van der Waals surface area contributed by atoms with E-state index in [1.54, 1.807) is 0 Å². The van der Waals surface area contributed by atoms with Gasteiger partial charge in [-0.3, -0.25) is 0 Å². The fourth-order valence-electron chi connectivity index (χ4n) is 4.30. The van der Waals surface area contributed by atoms with Crippen LogP contribution in [0.4, 0.5) is 5.69 Å². The topological polar surface area (TPSA) is 3.24 Å². The van der Waals surface area contributed by atoms with Gasteiger partial charge in [-0.25, -0.2) is 0 Å². The van der Waals surface area contributed by atoms with Gasteiger partial charge in [-0.2, -0.15) is 0 Å². The van der Waals surface area contributed by atoms with Crippen LogP contribution in [0.3, 0.4) is 0 Å². The van der Waals surface area contributed by atoms with Crippen LogP contribution in [0.1, 0.15) is 51.4 Å². The van der Waals surface area contributed by atoms with Gasteiger partial charge in [-0.1, -0.05) is 21.5 Å². The minimum atomic E-state index is 0.696. The molecule has 1 aromatic carbocycles. The SMILES string of the molecule is Brc1ccc(N2CCCC2C2=C(C3CC3)CCCC2)cc1. The molecule has 0 bridgehead atoms. The van der Waals surface area contributed by atoms with Crippen LogP contribution in [-0.4, -0.2) is 12.6 Å². The highest BCUT2D eigenvalue weighted by Crippen LogP contribution is 2.46. The van der Waals surface area contributed by atoms with E-state index in [1.165, 1.54) is 68.1 Å². The molecular weight excluding hydrogens is 322 g/mol. The van der Waals surface area contributed by atoms with E-state index < -0.39 is 0 Å². The Morgan fingerprint density at radius 2 is 1.57 bits per heavy atom. The maximum Gasteiger partial charge on any atom is 0.0505 e. The second kappa shape index (κ2) is 5.79. The van der Waals surface area contributed by atoms with E-state index in [2.05, 4.69) is 45.1 Å². The standard InChI is InChI=1S/C19H24BrN/c20-15-9-11-16(12-10-15)21-13-3-6-19(21)18-5-2-1-4-17(18)14-7-8-14/h9-12,14,19H,1-8,13H2. The average Bonchev–Trinajstić information content (AvgIpc) is 3.25. The Labute approximate surface area is 136 Å². The number of rotatable bonds is 3. The molecule has 1 unspecified atom stereocenters. The molecule has 1 heterocycles. The Hall–Kier alpha value is -0.760. The van der Waals surface area contributed by atoms with Crippen LogP contribution in [0.2, 0.25) is 0 Å². The summed E-state index contributed by atoms with van der Waals surface area (Å²) in [6.45, 7) is 1.23. The molecule has 2 heteroatoms. The Kier molecular flexibility index (Phi) is 3.83. The molecule has 112 valence electrons. The van der Waals surface area contributed by atoms with Crippen molar-refractivity contribution in [3.63, 3.8) is 0 Å². The van der Waals surface area contributed by atoms with Gasteiger partial charge in [0, 0.05) is 16.7 Å². The monoisotopic (exact) mass is 345 g/mol. The third-order valence-electron chi connectivity index (χ3n) is 5.44. The molecule has 21 heavy (non-hydrogen) atoms. The lowest BCUT2D eigenvalue weighted by Gasteiger charge is -2.33. The molecule has 0 amide bonds. The van der Waals surface area contributed by atoms with Crippen molar-refractivity contribution in [2.45, 2.75) is 57.4 Å². The van der Waals surface area contributed by atoms with Crippen LogP contribution in [-0.2, 0) is 0 Å². The first kappa shape index (κ1) is 13.9. The van der Waals surface area contributed by atoms with Gasteiger partial charge in [-0.05, 0) is 87.1 Å². The molecule has 1 saturated heterocycles. The lowest BCUT2D eigenvalue weighted by atomic mass is 9.84. The maximum atomic E-state index is 3.55. The summed E-state index contributed by atoms with van der Waals surface area (Å²) in [4.78, 5) is 2.68. The van der Waals surface area contributed by atoms with Crippen molar-refractivity contribution < 1.29 is 0 Å². The lowest BCUT2D eigenvalue weighted by molar-refractivity contribution is 0.587.